The number of ether oxygens (including phenoxy) is 1. The Kier molecular flexibility index (Phi) is 6.11. The van der Waals surface area contributed by atoms with Gasteiger partial charge in [0.15, 0.2) is 0 Å². The fraction of sp³-hybridized carbons (Fsp3) is 0.435. The summed E-state index contributed by atoms with van der Waals surface area (Å²) in [6.07, 6.45) is 0. The van der Waals surface area contributed by atoms with Crippen molar-refractivity contribution in [2.24, 2.45) is 0 Å². The van der Waals surface area contributed by atoms with Crippen molar-refractivity contribution in [3.05, 3.63) is 59.0 Å². The summed E-state index contributed by atoms with van der Waals surface area (Å²) in [7, 11) is 0. The maximum atomic E-state index is 13.2. The number of amides is 1. The molecule has 1 aliphatic rings. The average Bonchev–Trinajstić information content (AvgIpc) is 3.04. The first-order valence-electron chi connectivity index (χ1n) is 10.5. The van der Waals surface area contributed by atoms with Crippen LogP contribution in [-0.2, 0) is 11.3 Å². The van der Waals surface area contributed by atoms with Crippen LogP contribution in [0.3, 0.4) is 0 Å². The largest absolute Gasteiger partial charge is 0.379 e. The minimum Gasteiger partial charge on any atom is -0.379 e. The number of benzene rings is 1. The van der Waals surface area contributed by atoms with Gasteiger partial charge in [-0.05, 0) is 39.0 Å². The second-order valence-electron chi connectivity index (χ2n) is 8.05. The molecule has 0 saturated carbocycles. The van der Waals surface area contributed by atoms with E-state index >= 15 is 0 Å². The minimum absolute atomic E-state index is 0.0435. The van der Waals surface area contributed by atoms with Crippen molar-refractivity contribution in [1.29, 1.82) is 0 Å². The highest BCUT2D eigenvalue weighted by Crippen LogP contribution is 2.20. The van der Waals surface area contributed by atoms with Gasteiger partial charge in [-0.3, -0.25) is 19.4 Å². The summed E-state index contributed by atoms with van der Waals surface area (Å²) in [6, 6.07) is 11.8. The Balaban J connectivity index is 1.56. The molecule has 1 atom stereocenters. The maximum Gasteiger partial charge on any atom is 0.252 e. The van der Waals surface area contributed by atoms with Crippen molar-refractivity contribution in [3.63, 3.8) is 0 Å². The van der Waals surface area contributed by atoms with E-state index in [1.54, 1.807) is 0 Å². The van der Waals surface area contributed by atoms with Crippen LogP contribution in [0.15, 0.2) is 36.4 Å². The van der Waals surface area contributed by atoms with Crippen molar-refractivity contribution in [1.82, 2.24) is 25.0 Å². The molecular weight excluding hydrogens is 378 g/mol. The van der Waals surface area contributed by atoms with E-state index in [1.807, 2.05) is 61.9 Å². The molecule has 4 rings (SSSR count). The van der Waals surface area contributed by atoms with E-state index in [2.05, 4.69) is 15.3 Å². The molecule has 0 radical (unpaired) electrons. The summed E-state index contributed by atoms with van der Waals surface area (Å²) >= 11 is 0. The third-order valence-electron chi connectivity index (χ3n) is 5.44. The fourth-order valence-corrected chi connectivity index (χ4v) is 4.01. The van der Waals surface area contributed by atoms with Crippen molar-refractivity contribution < 1.29 is 9.53 Å². The van der Waals surface area contributed by atoms with Gasteiger partial charge >= 0.3 is 0 Å². The number of fused-ring (bicyclic) bond motifs is 1. The second-order valence-corrected chi connectivity index (χ2v) is 8.05. The third kappa shape index (κ3) is 4.68. The number of carbonyl (C=O) groups excluding carboxylic acids is 1. The zero-order valence-electron chi connectivity index (χ0n) is 17.9. The lowest BCUT2D eigenvalue weighted by Crippen LogP contribution is -2.46. The number of aromatic nitrogens is 3. The van der Waals surface area contributed by atoms with E-state index in [4.69, 9.17) is 9.72 Å². The predicted molar refractivity (Wildman–Crippen MR) is 117 cm³/mol. The van der Waals surface area contributed by atoms with E-state index in [-0.39, 0.29) is 11.9 Å². The molecule has 0 spiro atoms. The molecule has 1 unspecified atom stereocenters. The van der Waals surface area contributed by atoms with Crippen LogP contribution in [0.1, 0.15) is 34.4 Å². The highest BCUT2D eigenvalue weighted by molar-refractivity contribution is 6.06. The molecule has 1 saturated heterocycles. The number of hydrogen-bond acceptors (Lipinski definition) is 5. The quantitative estimate of drug-likeness (QED) is 0.680. The molecule has 3 heterocycles. The summed E-state index contributed by atoms with van der Waals surface area (Å²) in [4.78, 5) is 20.3. The van der Waals surface area contributed by atoms with Crippen LogP contribution < -0.4 is 5.32 Å². The number of morpholine rings is 1. The number of aryl methyl sites for hydroxylation is 2. The third-order valence-corrected chi connectivity index (χ3v) is 5.44. The first-order valence-corrected chi connectivity index (χ1v) is 10.5. The number of pyridine rings is 1. The highest BCUT2D eigenvalue weighted by atomic mass is 16.5. The Morgan fingerprint density at radius 1 is 1.20 bits per heavy atom. The topological polar surface area (TPSA) is 72.3 Å². The van der Waals surface area contributed by atoms with Crippen molar-refractivity contribution >= 4 is 16.8 Å². The van der Waals surface area contributed by atoms with Gasteiger partial charge in [-0.1, -0.05) is 18.2 Å². The van der Waals surface area contributed by atoms with Gasteiger partial charge in [0.2, 0.25) is 0 Å². The van der Waals surface area contributed by atoms with Crippen LogP contribution >= 0.6 is 0 Å². The summed E-state index contributed by atoms with van der Waals surface area (Å²) in [5.41, 5.74) is 4.36. The number of hydrogen-bond donors (Lipinski definition) is 1. The van der Waals surface area contributed by atoms with Gasteiger partial charge in [-0.2, -0.15) is 5.10 Å². The standard InChI is InChI=1S/C23H29N5O2/c1-16-12-18(3)28(26-16)15-19-13-21(20-6-4-5-7-22(20)25-19)23(29)24-17(2)14-27-8-10-30-11-9-27/h4-7,12-13,17H,8-11,14-15H2,1-3H3,(H,24,29). The van der Waals surface area contributed by atoms with Crippen LogP contribution in [0.2, 0.25) is 0 Å². The maximum absolute atomic E-state index is 13.2. The molecule has 1 aliphatic heterocycles. The summed E-state index contributed by atoms with van der Waals surface area (Å²) < 4.78 is 7.33. The number of carbonyl (C=O) groups is 1. The Bertz CT molecular complexity index is 1040. The van der Waals surface area contributed by atoms with E-state index in [0.29, 0.717) is 12.1 Å². The zero-order valence-corrected chi connectivity index (χ0v) is 17.9. The van der Waals surface area contributed by atoms with Gasteiger partial charge in [0.05, 0.1) is 42.2 Å². The van der Waals surface area contributed by atoms with Crippen LogP contribution in [0, 0.1) is 13.8 Å². The van der Waals surface area contributed by atoms with E-state index in [0.717, 1.165) is 60.8 Å². The Morgan fingerprint density at radius 3 is 2.70 bits per heavy atom. The van der Waals surface area contributed by atoms with Gasteiger partial charge in [-0.15, -0.1) is 0 Å². The Morgan fingerprint density at radius 2 is 1.97 bits per heavy atom. The highest BCUT2D eigenvalue weighted by Gasteiger charge is 2.18. The van der Waals surface area contributed by atoms with Gasteiger partial charge in [0.25, 0.3) is 5.91 Å². The summed E-state index contributed by atoms with van der Waals surface area (Å²) in [6.45, 7) is 10.7. The summed E-state index contributed by atoms with van der Waals surface area (Å²) in [5, 5.41) is 8.57. The van der Waals surface area contributed by atoms with E-state index in [1.165, 1.54) is 0 Å². The first kappa shape index (κ1) is 20.5. The SMILES string of the molecule is Cc1cc(C)n(Cc2cc(C(=O)NC(C)CN3CCOCC3)c3ccccc3n2)n1. The number of para-hydroxylation sites is 1. The molecule has 3 aromatic rings. The molecule has 1 N–H and O–H groups in total. The van der Waals surface area contributed by atoms with E-state index < -0.39 is 0 Å². The van der Waals surface area contributed by atoms with Gasteiger partial charge in [0.1, 0.15) is 0 Å². The van der Waals surface area contributed by atoms with Gasteiger partial charge < -0.3 is 10.1 Å². The number of nitrogens with one attached hydrogen (secondary N) is 1. The number of nitrogens with zero attached hydrogens (tertiary/aromatic N) is 4. The van der Waals surface area contributed by atoms with Gasteiger partial charge in [-0.25, -0.2) is 0 Å². The zero-order chi connectivity index (χ0) is 21.1. The normalized spacial score (nSPS) is 16.0. The molecule has 1 fully saturated rings. The van der Waals surface area contributed by atoms with Crippen molar-refractivity contribution in [2.45, 2.75) is 33.4 Å². The second kappa shape index (κ2) is 8.93. The molecule has 1 aromatic carbocycles. The van der Waals surface area contributed by atoms with Crippen molar-refractivity contribution in [3.8, 4) is 0 Å². The molecule has 7 nitrogen and oxygen atoms in total. The van der Waals surface area contributed by atoms with Crippen molar-refractivity contribution in [2.75, 3.05) is 32.8 Å². The lowest BCUT2D eigenvalue weighted by atomic mass is 10.1. The molecule has 30 heavy (non-hydrogen) atoms. The fourth-order valence-electron chi connectivity index (χ4n) is 4.01. The average molecular weight is 408 g/mol. The van der Waals surface area contributed by atoms with Crippen LogP contribution in [-0.4, -0.2) is 64.5 Å². The molecule has 7 heteroatoms. The minimum atomic E-state index is -0.0658. The molecule has 2 aromatic heterocycles. The molecular formula is C23H29N5O2. The first-order chi connectivity index (χ1) is 14.5. The number of rotatable bonds is 6. The lowest BCUT2D eigenvalue weighted by Gasteiger charge is -2.29. The smallest absolute Gasteiger partial charge is 0.252 e. The monoisotopic (exact) mass is 407 g/mol. The van der Waals surface area contributed by atoms with Crippen LogP contribution in [0.4, 0.5) is 0 Å². The Hall–Kier alpha value is -2.77. The molecule has 0 bridgehead atoms. The molecule has 0 aliphatic carbocycles. The summed E-state index contributed by atoms with van der Waals surface area (Å²) in [5.74, 6) is -0.0658. The lowest BCUT2D eigenvalue weighted by molar-refractivity contribution is 0.0342. The Labute approximate surface area is 177 Å². The molecule has 158 valence electrons. The van der Waals surface area contributed by atoms with Crippen LogP contribution in [0.25, 0.3) is 10.9 Å². The van der Waals surface area contributed by atoms with Gasteiger partial charge in [0, 0.05) is 36.8 Å². The van der Waals surface area contributed by atoms with E-state index in [9.17, 15) is 4.79 Å². The van der Waals surface area contributed by atoms with Crippen LogP contribution in [0.5, 0.6) is 0 Å². The molecule has 1 amide bonds. The predicted octanol–water partition coefficient (Wildman–Crippen LogP) is 2.55.